The number of aryl methyl sites for hydroxylation is 1. The Balaban J connectivity index is 1.70. The van der Waals surface area contributed by atoms with Crippen molar-refractivity contribution in [1.29, 1.82) is 5.26 Å². The Kier molecular flexibility index (Phi) is 2.75. The number of carbonyl (C=O) groups excluding carboxylic acids is 1. The summed E-state index contributed by atoms with van der Waals surface area (Å²) in [5.74, 6) is 0.603. The van der Waals surface area contributed by atoms with Crippen molar-refractivity contribution in [3.05, 3.63) is 29.8 Å². The summed E-state index contributed by atoms with van der Waals surface area (Å²) < 4.78 is 5.76. The first kappa shape index (κ1) is 13.0. The molecule has 3 rings (SSSR count). The molecule has 0 aromatic heterocycles. The number of amides is 1. The number of rotatable bonds is 2. The van der Waals surface area contributed by atoms with E-state index in [1.54, 1.807) is 0 Å². The Morgan fingerprint density at radius 2 is 2.15 bits per heavy atom. The van der Waals surface area contributed by atoms with Crippen LogP contribution in [0.2, 0.25) is 0 Å². The molecule has 1 fully saturated rings. The molecule has 2 aliphatic rings. The molecule has 1 aliphatic heterocycles. The number of nitriles is 1. The highest BCUT2D eigenvalue weighted by atomic mass is 16.5. The Morgan fingerprint density at radius 3 is 2.80 bits per heavy atom. The molecule has 1 aromatic rings. The number of ether oxygens (including phenoxy) is 1. The van der Waals surface area contributed by atoms with Crippen LogP contribution in [0.4, 0.5) is 0 Å². The smallest absolute Gasteiger partial charge is 0.262 e. The summed E-state index contributed by atoms with van der Waals surface area (Å²) in [7, 11) is 0. The number of benzene rings is 1. The minimum absolute atomic E-state index is 0.149. The van der Waals surface area contributed by atoms with Gasteiger partial charge in [0.25, 0.3) is 5.91 Å². The minimum Gasteiger partial charge on any atom is -0.480 e. The molecule has 1 aromatic carbocycles. The first-order valence-electron chi connectivity index (χ1n) is 6.95. The largest absolute Gasteiger partial charge is 0.480 e. The van der Waals surface area contributed by atoms with E-state index in [4.69, 9.17) is 4.74 Å². The van der Waals surface area contributed by atoms with Gasteiger partial charge in [-0.1, -0.05) is 32.0 Å². The van der Waals surface area contributed by atoms with E-state index in [1.165, 1.54) is 0 Å². The molecule has 1 aliphatic carbocycles. The zero-order chi connectivity index (χ0) is 14.4. The monoisotopic (exact) mass is 270 g/mol. The van der Waals surface area contributed by atoms with Gasteiger partial charge in [0.1, 0.15) is 11.3 Å². The van der Waals surface area contributed by atoms with Crippen molar-refractivity contribution < 1.29 is 9.53 Å². The Labute approximate surface area is 118 Å². The van der Waals surface area contributed by atoms with Gasteiger partial charge in [0.15, 0.2) is 6.10 Å². The van der Waals surface area contributed by atoms with E-state index in [1.807, 2.05) is 38.1 Å². The number of nitrogens with zero attached hydrogens (tertiary/aromatic N) is 1. The molecule has 2 unspecified atom stereocenters. The molecule has 104 valence electrons. The van der Waals surface area contributed by atoms with Crippen LogP contribution in [0.25, 0.3) is 0 Å². The van der Waals surface area contributed by atoms with Crippen LogP contribution in [0.1, 0.15) is 32.3 Å². The van der Waals surface area contributed by atoms with Gasteiger partial charge in [-0.15, -0.1) is 0 Å². The summed E-state index contributed by atoms with van der Waals surface area (Å²) in [6.45, 7) is 3.99. The van der Waals surface area contributed by atoms with Crippen molar-refractivity contribution in [3.8, 4) is 11.8 Å². The van der Waals surface area contributed by atoms with Crippen molar-refractivity contribution >= 4 is 5.91 Å². The Hall–Kier alpha value is -2.02. The first-order valence-corrected chi connectivity index (χ1v) is 6.95. The fourth-order valence-electron chi connectivity index (χ4n) is 2.85. The van der Waals surface area contributed by atoms with Crippen LogP contribution in [0.5, 0.6) is 5.75 Å². The second-order valence-corrected chi connectivity index (χ2v) is 6.32. The summed E-state index contributed by atoms with van der Waals surface area (Å²) >= 11 is 0. The van der Waals surface area contributed by atoms with Crippen LogP contribution < -0.4 is 10.1 Å². The zero-order valence-corrected chi connectivity index (χ0v) is 11.8. The highest BCUT2D eigenvalue weighted by Gasteiger charge is 2.63. The van der Waals surface area contributed by atoms with E-state index < -0.39 is 11.6 Å². The molecule has 20 heavy (non-hydrogen) atoms. The van der Waals surface area contributed by atoms with E-state index in [9.17, 15) is 10.1 Å². The van der Waals surface area contributed by atoms with Crippen molar-refractivity contribution in [2.45, 2.75) is 44.8 Å². The van der Waals surface area contributed by atoms with Crippen molar-refractivity contribution in [3.63, 3.8) is 0 Å². The third kappa shape index (κ3) is 1.94. The number of hydrogen-bond acceptors (Lipinski definition) is 3. The number of para-hydroxylation sites is 1. The van der Waals surface area contributed by atoms with E-state index in [-0.39, 0.29) is 11.3 Å². The van der Waals surface area contributed by atoms with E-state index >= 15 is 0 Å². The maximum Gasteiger partial charge on any atom is 0.262 e. The quantitative estimate of drug-likeness (QED) is 0.896. The molecule has 4 nitrogen and oxygen atoms in total. The van der Waals surface area contributed by atoms with Crippen molar-refractivity contribution in [2.75, 3.05) is 0 Å². The van der Waals surface area contributed by atoms with Crippen LogP contribution in [-0.2, 0) is 11.2 Å². The minimum atomic E-state index is -0.718. The lowest BCUT2D eigenvalue weighted by atomic mass is 10.0. The summed E-state index contributed by atoms with van der Waals surface area (Å²) in [6, 6.07) is 10.0. The molecule has 0 bridgehead atoms. The molecule has 1 saturated carbocycles. The van der Waals surface area contributed by atoms with Crippen LogP contribution in [-0.4, -0.2) is 17.6 Å². The van der Waals surface area contributed by atoms with Crippen LogP contribution in [0.15, 0.2) is 24.3 Å². The van der Waals surface area contributed by atoms with Gasteiger partial charge in [-0.25, -0.2) is 0 Å². The molecule has 1 amide bonds. The molecule has 0 saturated heterocycles. The molecule has 0 spiro atoms. The molecular formula is C16H18N2O2. The highest BCUT2D eigenvalue weighted by molar-refractivity contribution is 5.83. The topological polar surface area (TPSA) is 62.1 Å². The maximum atomic E-state index is 12.3. The highest BCUT2D eigenvalue weighted by Crippen LogP contribution is 2.55. The summed E-state index contributed by atoms with van der Waals surface area (Å²) in [4.78, 5) is 12.3. The third-order valence-electron chi connectivity index (χ3n) is 4.48. The lowest BCUT2D eigenvalue weighted by Crippen LogP contribution is -2.47. The SMILES string of the molecule is CC1(C)CC1(C#N)NC(=O)C1CCc2ccccc2O1. The summed E-state index contributed by atoms with van der Waals surface area (Å²) in [5.41, 5.74) is 0.271. The van der Waals surface area contributed by atoms with Crippen molar-refractivity contribution in [2.24, 2.45) is 5.41 Å². The fraction of sp³-hybridized carbons (Fsp3) is 0.500. The normalized spacial score (nSPS) is 29.6. The number of nitrogens with one attached hydrogen (secondary N) is 1. The van der Waals surface area contributed by atoms with E-state index in [0.29, 0.717) is 12.8 Å². The van der Waals surface area contributed by atoms with E-state index in [0.717, 1.165) is 17.7 Å². The standard InChI is InChI=1S/C16H18N2O2/c1-15(2)9-16(15,10-17)18-14(19)13-8-7-11-5-3-4-6-12(11)20-13/h3-6,13H,7-9H2,1-2H3,(H,18,19). The molecule has 2 atom stereocenters. The number of hydrogen-bond donors (Lipinski definition) is 1. The van der Waals surface area contributed by atoms with Gasteiger partial charge >= 0.3 is 0 Å². The maximum absolute atomic E-state index is 12.3. The molecule has 1 N–H and O–H groups in total. The van der Waals surface area contributed by atoms with Gasteiger partial charge in [0.2, 0.25) is 0 Å². The fourth-order valence-corrected chi connectivity index (χ4v) is 2.85. The van der Waals surface area contributed by atoms with Gasteiger partial charge in [0, 0.05) is 5.41 Å². The van der Waals surface area contributed by atoms with Crippen LogP contribution >= 0.6 is 0 Å². The van der Waals surface area contributed by atoms with Gasteiger partial charge in [-0.2, -0.15) is 5.26 Å². The number of carbonyl (C=O) groups is 1. The average Bonchev–Trinajstić information content (AvgIpc) is 2.99. The van der Waals surface area contributed by atoms with Gasteiger partial charge in [-0.05, 0) is 30.9 Å². The van der Waals surface area contributed by atoms with Gasteiger partial charge < -0.3 is 10.1 Å². The average molecular weight is 270 g/mol. The number of fused-ring (bicyclic) bond motifs is 1. The van der Waals surface area contributed by atoms with Crippen LogP contribution in [0.3, 0.4) is 0 Å². The zero-order valence-electron chi connectivity index (χ0n) is 11.8. The van der Waals surface area contributed by atoms with Crippen molar-refractivity contribution in [1.82, 2.24) is 5.32 Å². The molecular weight excluding hydrogens is 252 g/mol. The van der Waals surface area contributed by atoms with Gasteiger partial charge in [0.05, 0.1) is 6.07 Å². The Morgan fingerprint density at radius 1 is 1.45 bits per heavy atom. The molecule has 0 radical (unpaired) electrons. The molecule has 4 heteroatoms. The van der Waals surface area contributed by atoms with Crippen LogP contribution in [0, 0.1) is 16.7 Å². The predicted octanol–water partition coefficient (Wildman–Crippen LogP) is 2.19. The second-order valence-electron chi connectivity index (χ2n) is 6.32. The third-order valence-corrected chi connectivity index (χ3v) is 4.48. The lowest BCUT2D eigenvalue weighted by molar-refractivity contribution is -0.129. The summed E-state index contributed by atoms with van der Waals surface area (Å²) in [6.07, 6.45) is 1.69. The van der Waals surface area contributed by atoms with E-state index in [2.05, 4.69) is 11.4 Å². The molecule has 1 heterocycles. The summed E-state index contributed by atoms with van der Waals surface area (Å²) in [5, 5.41) is 12.2. The Bertz CT molecular complexity index is 603. The predicted molar refractivity (Wildman–Crippen MR) is 74.1 cm³/mol. The lowest BCUT2D eigenvalue weighted by Gasteiger charge is -2.26. The first-order chi connectivity index (χ1) is 9.47. The van der Waals surface area contributed by atoms with Gasteiger partial charge in [-0.3, -0.25) is 4.79 Å². The second kappa shape index (κ2) is 4.24.